The van der Waals surface area contributed by atoms with Crippen LogP contribution in [-0.2, 0) is 38.8 Å². The second-order valence-corrected chi connectivity index (χ2v) is 16.0. The van der Waals surface area contributed by atoms with Gasteiger partial charge in [-0.05, 0) is 118 Å². The molecular formula is C44H52F13N5O9. The van der Waals surface area contributed by atoms with Gasteiger partial charge in [-0.15, -0.1) is 0 Å². The number of likely N-dealkylation sites (tertiary alicyclic amines) is 1. The summed E-state index contributed by atoms with van der Waals surface area (Å²) in [7, 11) is 4.29. The van der Waals surface area contributed by atoms with Crippen molar-refractivity contribution in [3.05, 3.63) is 94.8 Å². The average Bonchev–Trinajstić information content (AvgIpc) is 3.25. The zero-order valence-corrected chi connectivity index (χ0v) is 38.1. The third-order valence-corrected chi connectivity index (χ3v) is 9.84. The summed E-state index contributed by atoms with van der Waals surface area (Å²) in [6.45, 7) is 10.7. The van der Waals surface area contributed by atoms with E-state index in [0.717, 1.165) is 69.4 Å². The fourth-order valence-electron chi connectivity index (χ4n) is 6.38. The van der Waals surface area contributed by atoms with E-state index < -0.39 is 48.6 Å². The van der Waals surface area contributed by atoms with Gasteiger partial charge in [-0.25, -0.2) is 23.6 Å². The molecule has 0 saturated carbocycles. The molecule has 0 aliphatic carbocycles. The van der Waals surface area contributed by atoms with E-state index in [1.807, 2.05) is 36.4 Å². The smallest absolute Gasteiger partial charge is 0.475 e. The number of nitrogens with one attached hydrogen (secondary N) is 2. The fourth-order valence-corrected chi connectivity index (χ4v) is 6.38. The van der Waals surface area contributed by atoms with Crippen LogP contribution in [0.3, 0.4) is 0 Å². The van der Waals surface area contributed by atoms with Gasteiger partial charge in [0.15, 0.2) is 0 Å². The van der Waals surface area contributed by atoms with Crippen molar-refractivity contribution in [2.45, 2.75) is 76.6 Å². The Morgan fingerprint density at radius 1 is 0.648 bits per heavy atom. The van der Waals surface area contributed by atoms with Crippen molar-refractivity contribution in [2.75, 3.05) is 53.4 Å². The molecule has 0 unspecified atom stereocenters. The van der Waals surface area contributed by atoms with Crippen molar-refractivity contribution >= 4 is 29.8 Å². The largest absolute Gasteiger partial charge is 0.490 e. The molecule has 6 N–H and O–H groups in total. The molecule has 0 spiro atoms. The van der Waals surface area contributed by atoms with Gasteiger partial charge in [0, 0.05) is 56.4 Å². The molecule has 398 valence electrons. The summed E-state index contributed by atoms with van der Waals surface area (Å²) >= 11 is 0. The number of hydrogen-bond donors (Lipinski definition) is 6. The maximum absolute atomic E-state index is 15.0. The zero-order valence-electron chi connectivity index (χ0n) is 38.1. The number of nitrogens with zero attached hydrogens (tertiary/aromatic N) is 3. The first-order chi connectivity index (χ1) is 32.6. The van der Waals surface area contributed by atoms with Crippen molar-refractivity contribution in [2.24, 2.45) is 5.92 Å². The van der Waals surface area contributed by atoms with Gasteiger partial charge in [0.1, 0.15) is 5.82 Å². The Morgan fingerprint density at radius 2 is 1.11 bits per heavy atom. The minimum atomic E-state index is -5.08. The lowest BCUT2D eigenvalue weighted by molar-refractivity contribution is -0.193. The molecule has 2 aliphatic heterocycles. The molecule has 14 nitrogen and oxygen atoms in total. The van der Waals surface area contributed by atoms with Crippen LogP contribution in [0.2, 0.25) is 0 Å². The van der Waals surface area contributed by atoms with E-state index in [9.17, 15) is 61.9 Å². The number of alkyl halides is 12. The molecule has 0 radical (unpaired) electrons. The molecule has 3 aromatic carbocycles. The van der Waals surface area contributed by atoms with E-state index in [1.165, 1.54) is 36.5 Å². The lowest BCUT2D eigenvalue weighted by Crippen LogP contribution is -2.48. The van der Waals surface area contributed by atoms with Crippen LogP contribution in [-0.4, -0.2) is 149 Å². The Bertz CT molecular complexity index is 2080. The minimum Gasteiger partial charge on any atom is -0.475 e. The van der Waals surface area contributed by atoms with E-state index in [1.54, 1.807) is 6.07 Å². The molecule has 27 heteroatoms. The maximum Gasteiger partial charge on any atom is 0.490 e. The van der Waals surface area contributed by atoms with E-state index in [4.69, 9.17) is 39.6 Å². The molecule has 0 aromatic heterocycles. The SMILES string of the molecule is C[C@H]1CN(Cc2cccc(-c3cc(CNC(=O)c4cccc(CN5CCC(CCN(C)C)CC5)c4)ccc3F)c2)CCN1.O=C(O)C(F)(F)F.O=C(O)C(F)(F)F.O=C(O)C(F)(F)F.O=C(O)C(F)(F)F. The van der Waals surface area contributed by atoms with Crippen molar-refractivity contribution in [1.29, 1.82) is 0 Å². The highest BCUT2D eigenvalue weighted by Crippen LogP contribution is 2.27. The van der Waals surface area contributed by atoms with Crippen LogP contribution >= 0.6 is 0 Å². The monoisotopic (exact) mass is 1040 g/mol. The number of carbonyl (C=O) groups excluding carboxylic acids is 1. The number of piperidine rings is 1. The molecule has 2 saturated heterocycles. The Balaban J connectivity index is 0.000000729. The molecule has 71 heavy (non-hydrogen) atoms. The Morgan fingerprint density at radius 3 is 1.58 bits per heavy atom. The third-order valence-electron chi connectivity index (χ3n) is 9.84. The van der Waals surface area contributed by atoms with Gasteiger partial charge in [-0.2, -0.15) is 52.7 Å². The number of carboxylic acids is 4. The summed E-state index contributed by atoms with van der Waals surface area (Å²) in [5.74, 6) is -10.6. The summed E-state index contributed by atoms with van der Waals surface area (Å²) in [6, 6.07) is 21.7. The number of piperazine rings is 1. The molecule has 2 aliphatic rings. The van der Waals surface area contributed by atoms with E-state index >= 15 is 0 Å². The summed E-state index contributed by atoms with van der Waals surface area (Å²) < 4.78 is 142. The van der Waals surface area contributed by atoms with E-state index in [-0.39, 0.29) is 11.7 Å². The molecule has 1 atom stereocenters. The second kappa shape index (κ2) is 28.7. The maximum atomic E-state index is 15.0. The van der Waals surface area contributed by atoms with Crippen LogP contribution in [0.25, 0.3) is 11.1 Å². The standard InChI is InChI=1S/C36H48FN5O.4C2HF3O2/c1-27-24-42(19-15-38-27)26-30-6-4-8-32(20-30)34-22-29(10-11-35(34)37)23-39-36(43)33-9-5-7-31(21-33)25-41-17-13-28(14-18-41)12-16-40(2)3;4*3-2(4,5)1(6)7/h4-11,20-22,27-28,38H,12-19,23-26H2,1-3H3,(H,39,43);4*(H,6,7)/t27-;;;;/m0..../s1. The van der Waals surface area contributed by atoms with Crippen molar-refractivity contribution in [3.8, 4) is 11.1 Å². The van der Waals surface area contributed by atoms with Gasteiger partial charge >= 0.3 is 48.6 Å². The number of halogens is 13. The van der Waals surface area contributed by atoms with Gasteiger partial charge in [0.05, 0.1) is 0 Å². The number of benzene rings is 3. The average molecular weight is 1040 g/mol. The first kappa shape index (κ1) is 63.0. The second-order valence-electron chi connectivity index (χ2n) is 16.0. The number of rotatable bonds is 11. The van der Waals surface area contributed by atoms with Gasteiger partial charge < -0.3 is 36.0 Å². The van der Waals surface area contributed by atoms with Crippen LogP contribution in [0.4, 0.5) is 57.1 Å². The molecule has 1 amide bonds. The Kier molecular flexibility index (Phi) is 25.5. The predicted octanol–water partition coefficient (Wildman–Crippen LogP) is 7.91. The van der Waals surface area contributed by atoms with Crippen LogP contribution in [0.1, 0.15) is 53.2 Å². The van der Waals surface area contributed by atoms with Crippen molar-refractivity contribution in [1.82, 2.24) is 25.3 Å². The highest BCUT2D eigenvalue weighted by atomic mass is 19.4. The van der Waals surface area contributed by atoms with Crippen molar-refractivity contribution in [3.63, 3.8) is 0 Å². The summed E-state index contributed by atoms with van der Waals surface area (Å²) in [5.41, 5.74) is 5.31. The molecular weight excluding hydrogens is 989 g/mol. The van der Waals surface area contributed by atoms with Crippen LogP contribution in [0.15, 0.2) is 66.7 Å². The summed E-state index contributed by atoms with van der Waals surface area (Å²) in [5, 5.41) is 35.0. The molecule has 2 fully saturated rings. The van der Waals surface area contributed by atoms with Gasteiger partial charge in [-0.3, -0.25) is 14.6 Å². The van der Waals surface area contributed by atoms with Gasteiger partial charge in [0.2, 0.25) is 0 Å². The third kappa shape index (κ3) is 26.1. The minimum absolute atomic E-state index is 0.109. The number of amides is 1. The molecule has 3 aromatic rings. The summed E-state index contributed by atoms with van der Waals surface area (Å²) in [6.07, 6.45) is -16.6. The highest BCUT2D eigenvalue weighted by molar-refractivity contribution is 5.94. The van der Waals surface area contributed by atoms with Gasteiger partial charge in [0.25, 0.3) is 5.91 Å². The zero-order chi connectivity index (χ0) is 54.5. The predicted molar refractivity (Wildman–Crippen MR) is 228 cm³/mol. The summed E-state index contributed by atoms with van der Waals surface area (Å²) in [4.78, 5) is 55.9. The molecule has 0 bridgehead atoms. The van der Waals surface area contributed by atoms with E-state index in [2.05, 4.69) is 64.6 Å². The Hall–Kier alpha value is -6.06. The van der Waals surface area contributed by atoms with Crippen LogP contribution in [0.5, 0.6) is 0 Å². The lowest BCUT2D eigenvalue weighted by atomic mass is 9.93. The van der Waals surface area contributed by atoms with Crippen LogP contribution in [0, 0.1) is 11.7 Å². The highest BCUT2D eigenvalue weighted by Gasteiger charge is 2.40. The van der Waals surface area contributed by atoms with E-state index in [0.29, 0.717) is 23.7 Å². The number of carboxylic acid groups (broad SMARTS) is 4. The Labute approximate surface area is 398 Å². The lowest BCUT2D eigenvalue weighted by Gasteiger charge is -2.32. The molecule has 2 heterocycles. The number of hydrogen-bond acceptors (Lipinski definition) is 9. The number of aliphatic carboxylic acids is 4. The van der Waals surface area contributed by atoms with Crippen LogP contribution < -0.4 is 10.6 Å². The number of carbonyl (C=O) groups is 5. The first-order valence-corrected chi connectivity index (χ1v) is 20.9. The topological polar surface area (TPSA) is 200 Å². The molecule has 5 rings (SSSR count). The first-order valence-electron chi connectivity index (χ1n) is 20.9. The fraction of sp³-hybridized carbons (Fsp3) is 0.477. The van der Waals surface area contributed by atoms with Crippen molar-refractivity contribution < 1.29 is 101 Å². The normalized spacial score (nSPS) is 15.8. The van der Waals surface area contributed by atoms with Gasteiger partial charge in [-0.1, -0.05) is 36.4 Å². The quantitative estimate of drug-likeness (QED) is 0.101.